The molecule has 1 aliphatic rings. The maximum Gasteiger partial charge on any atom is 0.253 e. The van der Waals surface area contributed by atoms with Crippen molar-refractivity contribution in [1.82, 2.24) is 15.2 Å². The molecule has 2 aromatic rings. The fourth-order valence-corrected chi connectivity index (χ4v) is 3.89. The van der Waals surface area contributed by atoms with E-state index in [2.05, 4.69) is 10.3 Å². The van der Waals surface area contributed by atoms with Crippen LogP contribution in [0.1, 0.15) is 34.6 Å². The van der Waals surface area contributed by atoms with Crippen LogP contribution in [0.25, 0.3) is 11.3 Å². The molecule has 1 aromatic carbocycles. The molecule has 7 heteroatoms. The lowest BCUT2D eigenvalue weighted by Crippen LogP contribution is -2.38. The Balaban J connectivity index is 0.00000169. The molecule has 0 atom stereocenters. The Morgan fingerprint density at radius 3 is 2.65 bits per heavy atom. The Morgan fingerprint density at radius 1 is 1.31 bits per heavy atom. The summed E-state index contributed by atoms with van der Waals surface area (Å²) >= 11 is 1.64. The first-order valence-electron chi connectivity index (χ1n) is 8.64. The number of thiazole rings is 1. The second kappa shape index (κ2) is 10.9. The first-order chi connectivity index (χ1) is 11.7. The molecule has 1 N–H and O–H groups in total. The number of hydrogen-bond donors (Lipinski definition) is 1. The van der Waals surface area contributed by atoms with Crippen LogP contribution >= 0.6 is 36.2 Å². The largest absolute Gasteiger partial charge is 0.339 e. The first-order valence-corrected chi connectivity index (χ1v) is 9.52. The molecule has 0 spiro atoms. The number of rotatable bonds is 5. The van der Waals surface area contributed by atoms with E-state index in [1.54, 1.807) is 11.3 Å². The zero-order chi connectivity index (χ0) is 16.9. The van der Waals surface area contributed by atoms with Crippen molar-refractivity contribution in [3.63, 3.8) is 0 Å². The Labute approximate surface area is 172 Å². The molecule has 1 amide bonds. The van der Waals surface area contributed by atoms with Gasteiger partial charge >= 0.3 is 0 Å². The summed E-state index contributed by atoms with van der Waals surface area (Å²) in [5.74, 6) is 0.890. The monoisotopic (exact) mass is 415 g/mol. The molecule has 0 radical (unpaired) electrons. The summed E-state index contributed by atoms with van der Waals surface area (Å²) in [5, 5.41) is 6.31. The molecule has 1 aromatic heterocycles. The third-order valence-electron chi connectivity index (χ3n) is 4.73. The fourth-order valence-electron chi connectivity index (χ4n) is 3.26. The number of aryl methyl sites for hydroxylation is 1. The third kappa shape index (κ3) is 5.68. The third-order valence-corrected chi connectivity index (χ3v) is 5.50. The molecule has 2 heterocycles. The number of carbonyl (C=O) groups excluding carboxylic acids is 1. The van der Waals surface area contributed by atoms with Gasteiger partial charge in [-0.2, -0.15) is 0 Å². The van der Waals surface area contributed by atoms with Crippen molar-refractivity contribution in [1.29, 1.82) is 0 Å². The van der Waals surface area contributed by atoms with Gasteiger partial charge in [0.1, 0.15) is 0 Å². The number of benzene rings is 1. The highest BCUT2D eigenvalue weighted by molar-refractivity contribution is 7.09. The zero-order valence-electron chi connectivity index (χ0n) is 15.2. The average molecular weight is 416 g/mol. The second-order valence-corrected chi connectivity index (χ2v) is 7.52. The quantitative estimate of drug-likeness (QED) is 0.785. The Bertz CT molecular complexity index is 700. The number of likely N-dealkylation sites (tertiary alicyclic amines) is 1. The van der Waals surface area contributed by atoms with E-state index >= 15 is 0 Å². The van der Waals surface area contributed by atoms with Crippen molar-refractivity contribution < 1.29 is 4.79 Å². The minimum Gasteiger partial charge on any atom is -0.339 e. The van der Waals surface area contributed by atoms with Crippen LogP contribution in [-0.2, 0) is 0 Å². The highest BCUT2D eigenvalue weighted by Gasteiger charge is 2.23. The van der Waals surface area contributed by atoms with Gasteiger partial charge in [-0.05, 0) is 57.8 Å². The number of nitrogens with one attached hydrogen (secondary N) is 1. The van der Waals surface area contributed by atoms with Crippen LogP contribution < -0.4 is 5.32 Å². The Kier molecular flexibility index (Phi) is 9.58. The van der Waals surface area contributed by atoms with Crippen LogP contribution in [0.15, 0.2) is 29.6 Å². The molecule has 1 aliphatic heterocycles. The number of hydrogen-bond acceptors (Lipinski definition) is 4. The van der Waals surface area contributed by atoms with Gasteiger partial charge in [0.25, 0.3) is 5.91 Å². The number of carbonyl (C=O) groups is 1. The summed E-state index contributed by atoms with van der Waals surface area (Å²) in [6.07, 6.45) is 3.42. The molecule has 26 heavy (non-hydrogen) atoms. The highest BCUT2D eigenvalue weighted by Crippen LogP contribution is 2.25. The van der Waals surface area contributed by atoms with E-state index in [4.69, 9.17) is 0 Å². The molecule has 0 unspecified atom stereocenters. The van der Waals surface area contributed by atoms with Crippen LogP contribution in [0.4, 0.5) is 0 Å². The van der Waals surface area contributed by atoms with E-state index in [0.29, 0.717) is 0 Å². The predicted octanol–water partition coefficient (Wildman–Crippen LogP) is 4.42. The van der Waals surface area contributed by atoms with Gasteiger partial charge < -0.3 is 10.2 Å². The molecule has 3 rings (SSSR count). The lowest BCUT2D eigenvalue weighted by atomic mass is 9.93. The summed E-state index contributed by atoms with van der Waals surface area (Å²) in [6.45, 7) is 4.80. The number of aromatic nitrogens is 1. The standard InChI is InChI=1S/C19H25N3OS.2ClH/c1-14-21-18(13-24-14)16-4-3-5-17(12-16)19(23)22-10-7-15(8-11-22)6-9-20-2;;/h3-5,12-13,15,20H,6-11H2,1-2H3;2*1H. The normalized spacial score (nSPS) is 14.5. The summed E-state index contributed by atoms with van der Waals surface area (Å²) in [4.78, 5) is 19.3. The number of amides is 1. The zero-order valence-corrected chi connectivity index (χ0v) is 17.7. The van der Waals surface area contributed by atoms with Gasteiger partial charge in [0.05, 0.1) is 10.7 Å². The minimum absolute atomic E-state index is 0. The molecule has 144 valence electrons. The number of nitrogens with zero attached hydrogens (tertiary/aromatic N) is 2. The van der Waals surface area contributed by atoms with E-state index in [1.807, 2.05) is 48.5 Å². The second-order valence-electron chi connectivity index (χ2n) is 6.46. The van der Waals surface area contributed by atoms with E-state index in [1.165, 1.54) is 6.42 Å². The molecule has 1 saturated heterocycles. The molecule has 0 aliphatic carbocycles. The smallest absolute Gasteiger partial charge is 0.253 e. The molecule has 1 fully saturated rings. The summed E-state index contributed by atoms with van der Waals surface area (Å²) in [5.41, 5.74) is 2.75. The SMILES string of the molecule is CNCCC1CCN(C(=O)c2cccc(-c3csc(C)n3)c2)CC1.Cl.Cl. The van der Waals surface area contributed by atoms with E-state index in [0.717, 1.165) is 60.2 Å². The lowest BCUT2D eigenvalue weighted by molar-refractivity contribution is 0.0687. The average Bonchev–Trinajstić information content (AvgIpc) is 3.06. The van der Waals surface area contributed by atoms with E-state index in [-0.39, 0.29) is 30.7 Å². The fraction of sp³-hybridized carbons (Fsp3) is 0.474. The topological polar surface area (TPSA) is 45.2 Å². The van der Waals surface area contributed by atoms with E-state index < -0.39 is 0 Å². The molecule has 0 bridgehead atoms. The Morgan fingerprint density at radius 2 is 2.04 bits per heavy atom. The van der Waals surface area contributed by atoms with Gasteiger partial charge in [-0.25, -0.2) is 4.98 Å². The van der Waals surface area contributed by atoms with Crippen LogP contribution in [-0.4, -0.2) is 42.5 Å². The molecular weight excluding hydrogens is 389 g/mol. The Hall–Kier alpha value is -1.14. The van der Waals surface area contributed by atoms with Gasteiger partial charge in [-0.15, -0.1) is 36.2 Å². The van der Waals surface area contributed by atoms with E-state index in [9.17, 15) is 4.79 Å². The van der Waals surface area contributed by atoms with Crippen molar-refractivity contribution in [2.75, 3.05) is 26.7 Å². The maximum atomic E-state index is 12.8. The first kappa shape index (κ1) is 22.9. The van der Waals surface area contributed by atoms with Crippen molar-refractivity contribution in [2.24, 2.45) is 5.92 Å². The van der Waals surface area contributed by atoms with Crippen molar-refractivity contribution >= 4 is 42.1 Å². The van der Waals surface area contributed by atoms with Crippen molar-refractivity contribution in [3.8, 4) is 11.3 Å². The van der Waals surface area contributed by atoms with Crippen LogP contribution in [0.3, 0.4) is 0 Å². The minimum atomic E-state index is 0. The molecule has 0 saturated carbocycles. The summed E-state index contributed by atoms with van der Waals surface area (Å²) in [6, 6.07) is 7.87. The molecular formula is C19H27Cl2N3OS. The predicted molar refractivity (Wildman–Crippen MR) is 114 cm³/mol. The van der Waals surface area contributed by atoms with Gasteiger partial charge in [-0.1, -0.05) is 12.1 Å². The highest BCUT2D eigenvalue weighted by atomic mass is 35.5. The summed E-state index contributed by atoms with van der Waals surface area (Å²) in [7, 11) is 2.00. The number of piperidine rings is 1. The van der Waals surface area contributed by atoms with Gasteiger partial charge in [0.15, 0.2) is 0 Å². The van der Waals surface area contributed by atoms with Crippen LogP contribution in [0.2, 0.25) is 0 Å². The van der Waals surface area contributed by atoms with Crippen molar-refractivity contribution in [2.45, 2.75) is 26.2 Å². The van der Waals surface area contributed by atoms with Crippen LogP contribution in [0.5, 0.6) is 0 Å². The van der Waals surface area contributed by atoms with Crippen molar-refractivity contribution in [3.05, 3.63) is 40.2 Å². The molecule has 4 nitrogen and oxygen atoms in total. The lowest BCUT2D eigenvalue weighted by Gasteiger charge is -2.32. The van der Waals surface area contributed by atoms with Gasteiger partial charge in [0, 0.05) is 29.6 Å². The van der Waals surface area contributed by atoms with Crippen LogP contribution in [0, 0.1) is 12.8 Å². The van der Waals surface area contributed by atoms with Gasteiger partial charge in [-0.3, -0.25) is 4.79 Å². The maximum absolute atomic E-state index is 12.8. The number of halogens is 2. The summed E-state index contributed by atoms with van der Waals surface area (Å²) < 4.78 is 0. The van der Waals surface area contributed by atoms with Gasteiger partial charge in [0.2, 0.25) is 0 Å².